The number of nitrogens with one attached hydrogen (secondary N) is 1. The number of nitrogens with zero attached hydrogens (tertiary/aromatic N) is 2. The Kier molecular flexibility index (Phi) is 5.21. The van der Waals surface area contributed by atoms with E-state index in [0.717, 1.165) is 22.9 Å². The number of likely N-dealkylation sites (tertiary alicyclic amines) is 1. The van der Waals surface area contributed by atoms with Crippen LogP contribution in [0, 0.1) is 5.92 Å². The fourth-order valence-corrected chi connectivity index (χ4v) is 5.50. The fraction of sp³-hybridized carbons (Fsp3) is 0.207. The van der Waals surface area contributed by atoms with Gasteiger partial charge in [-0.05, 0) is 59.5 Å². The van der Waals surface area contributed by atoms with E-state index in [1.165, 1.54) is 0 Å². The van der Waals surface area contributed by atoms with E-state index in [1.54, 1.807) is 34.9 Å². The highest BCUT2D eigenvalue weighted by Gasteiger charge is 2.37. The highest BCUT2D eigenvalue weighted by molar-refractivity contribution is 6.04. The van der Waals surface area contributed by atoms with Crippen LogP contribution in [0.15, 0.2) is 89.7 Å². The average molecular weight is 464 g/mol. The van der Waals surface area contributed by atoms with Crippen molar-refractivity contribution in [2.24, 2.45) is 5.92 Å². The van der Waals surface area contributed by atoms with E-state index in [4.69, 9.17) is 0 Å². The number of amides is 2. The van der Waals surface area contributed by atoms with E-state index in [-0.39, 0.29) is 34.9 Å². The van der Waals surface area contributed by atoms with Crippen LogP contribution in [-0.4, -0.2) is 34.4 Å². The van der Waals surface area contributed by atoms with Crippen molar-refractivity contribution in [3.63, 3.8) is 0 Å². The summed E-state index contributed by atoms with van der Waals surface area (Å²) in [5.41, 5.74) is 2.23. The number of carbonyl (C=O) groups is 2. The summed E-state index contributed by atoms with van der Waals surface area (Å²) in [5.74, 6) is 0.0290. The molecule has 0 aliphatic carbocycles. The number of anilines is 1. The SMILES string of the molecule is O=C(Nc1ccc2n(c1=O)C[C@@H]1C[C@@H]2CN(C(=O)c2ccc3ccccc3c2)C1)c1ccccc1. The highest BCUT2D eigenvalue weighted by Crippen LogP contribution is 2.36. The maximum Gasteiger partial charge on any atom is 0.274 e. The van der Waals surface area contributed by atoms with Gasteiger partial charge < -0.3 is 14.8 Å². The molecule has 1 fully saturated rings. The van der Waals surface area contributed by atoms with Gasteiger partial charge in [0.05, 0.1) is 0 Å². The molecule has 6 rings (SSSR count). The monoisotopic (exact) mass is 463 g/mol. The summed E-state index contributed by atoms with van der Waals surface area (Å²) >= 11 is 0. The molecular formula is C29H25N3O3. The lowest BCUT2D eigenvalue weighted by Gasteiger charge is -2.43. The highest BCUT2D eigenvalue weighted by atomic mass is 16.2. The molecule has 2 amide bonds. The van der Waals surface area contributed by atoms with Gasteiger partial charge in [-0.2, -0.15) is 0 Å². The van der Waals surface area contributed by atoms with Crippen LogP contribution in [0.1, 0.15) is 38.7 Å². The Hall–Kier alpha value is -4.19. The zero-order valence-electron chi connectivity index (χ0n) is 19.2. The lowest BCUT2D eigenvalue weighted by molar-refractivity contribution is 0.0594. The number of hydrogen-bond acceptors (Lipinski definition) is 3. The summed E-state index contributed by atoms with van der Waals surface area (Å²) in [6.45, 7) is 1.74. The van der Waals surface area contributed by atoms with Gasteiger partial charge in [-0.15, -0.1) is 0 Å². The molecule has 0 radical (unpaired) electrons. The zero-order valence-corrected chi connectivity index (χ0v) is 19.2. The second-order valence-electron chi connectivity index (χ2n) is 9.48. The normalized spacial score (nSPS) is 18.7. The molecule has 6 nitrogen and oxygen atoms in total. The van der Waals surface area contributed by atoms with Gasteiger partial charge >= 0.3 is 0 Å². The van der Waals surface area contributed by atoms with E-state index < -0.39 is 0 Å². The van der Waals surface area contributed by atoms with Crippen LogP contribution >= 0.6 is 0 Å². The van der Waals surface area contributed by atoms with Crippen molar-refractivity contribution in [3.05, 3.63) is 112 Å². The molecule has 3 aromatic carbocycles. The van der Waals surface area contributed by atoms with E-state index in [0.29, 0.717) is 30.8 Å². The minimum atomic E-state index is -0.300. The predicted octanol–water partition coefficient (Wildman–Crippen LogP) is 4.51. The maximum absolute atomic E-state index is 13.4. The summed E-state index contributed by atoms with van der Waals surface area (Å²) in [5, 5.41) is 4.94. The van der Waals surface area contributed by atoms with Crippen LogP contribution in [-0.2, 0) is 6.54 Å². The van der Waals surface area contributed by atoms with Crippen molar-refractivity contribution in [2.45, 2.75) is 18.9 Å². The van der Waals surface area contributed by atoms with Gasteiger partial charge in [0.2, 0.25) is 0 Å². The Morgan fingerprint density at radius 2 is 1.54 bits per heavy atom. The molecule has 2 aliphatic rings. The third kappa shape index (κ3) is 3.91. The van der Waals surface area contributed by atoms with Gasteiger partial charge in [-0.1, -0.05) is 48.5 Å². The smallest absolute Gasteiger partial charge is 0.274 e. The number of carbonyl (C=O) groups excluding carboxylic acids is 2. The lowest BCUT2D eigenvalue weighted by Crippen LogP contribution is -2.49. The van der Waals surface area contributed by atoms with E-state index in [9.17, 15) is 14.4 Å². The second-order valence-corrected chi connectivity index (χ2v) is 9.48. The first-order valence-corrected chi connectivity index (χ1v) is 11.9. The molecule has 2 atom stereocenters. The molecule has 4 aromatic rings. The topological polar surface area (TPSA) is 71.4 Å². The Morgan fingerprint density at radius 1 is 0.771 bits per heavy atom. The van der Waals surface area contributed by atoms with Crippen LogP contribution in [0.5, 0.6) is 0 Å². The predicted molar refractivity (Wildman–Crippen MR) is 136 cm³/mol. The fourth-order valence-electron chi connectivity index (χ4n) is 5.50. The van der Waals surface area contributed by atoms with E-state index in [2.05, 4.69) is 5.32 Å². The molecule has 0 saturated carbocycles. The van der Waals surface area contributed by atoms with Crippen molar-refractivity contribution in [2.75, 3.05) is 18.4 Å². The van der Waals surface area contributed by atoms with Crippen LogP contribution in [0.4, 0.5) is 5.69 Å². The van der Waals surface area contributed by atoms with Crippen molar-refractivity contribution in [1.82, 2.24) is 9.47 Å². The number of benzene rings is 3. The molecule has 35 heavy (non-hydrogen) atoms. The quantitative estimate of drug-likeness (QED) is 0.486. The van der Waals surface area contributed by atoms with Gasteiger partial charge in [-0.3, -0.25) is 14.4 Å². The molecule has 3 heterocycles. The number of rotatable bonds is 3. The van der Waals surface area contributed by atoms with Crippen LogP contribution < -0.4 is 10.9 Å². The summed E-state index contributed by atoms with van der Waals surface area (Å²) < 4.78 is 1.79. The van der Waals surface area contributed by atoms with Gasteiger partial charge in [0.15, 0.2) is 0 Å². The minimum Gasteiger partial charge on any atom is -0.338 e. The molecular weight excluding hydrogens is 438 g/mol. The zero-order chi connectivity index (χ0) is 23.9. The van der Waals surface area contributed by atoms with Crippen LogP contribution in [0.25, 0.3) is 10.8 Å². The number of hydrogen-bond donors (Lipinski definition) is 1. The molecule has 2 bridgehead atoms. The third-order valence-electron chi connectivity index (χ3n) is 7.17. The molecule has 0 unspecified atom stereocenters. The first-order chi connectivity index (χ1) is 17.1. The summed E-state index contributed by atoms with van der Waals surface area (Å²) in [7, 11) is 0. The Bertz CT molecular complexity index is 1510. The lowest BCUT2D eigenvalue weighted by atomic mass is 9.83. The molecule has 174 valence electrons. The number of aromatic nitrogens is 1. The molecule has 1 aromatic heterocycles. The average Bonchev–Trinajstić information content (AvgIpc) is 2.90. The van der Waals surface area contributed by atoms with E-state index >= 15 is 0 Å². The minimum absolute atomic E-state index is 0.0352. The third-order valence-corrected chi connectivity index (χ3v) is 7.17. The first-order valence-electron chi connectivity index (χ1n) is 11.9. The van der Waals surface area contributed by atoms with Crippen LogP contribution in [0.3, 0.4) is 0 Å². The maximum atomic E-state index is 13.4. The Labute approximate surface area is 202 Å². The Morgan fingerprint density at radius 3 is 2.37 bits per heavy atom. The second kappa shape index (κ2) is 8.55. The van der Waals surface area contributed by atoms with Gasteiger partial charge in [0, 0.05) is 42.4 Å². The van der Waals surface area contributed by atoms with Crippen molar-refractivity contribution < 1.29 is 9.59 Å². The Balaban J connectivity index is 1.24. The number of piperidine rings is 1. The van der Waals surface area contributed by atoms with Gasteiger partial charge in [0.25, 0.3) is 17.4 Å². The first kappa shape index (κ1) is 21.4. The van der Waals surface area contributed by atoms with Gasteiger partial charge in [0.1, 0.15) is 5.69 Å². The van der Waals surface area contributed by atoms with Gasteiger partial charge in [-0.25, -0.2) is 0 Å². The van der Waals surface area contributed by atoms with E-state index in [1.807, 2.05) is 59.5 Å². The van der Waals surface area contributed by atoms with Crippen molar-refractivity contribution >= 4 is 28.3 Å². The summed E-state index contributed by atoms with van der Waals surface area (Å²) in [4.78, 5) is 41.1. The van der Waals surface area contributed by atoms with Crippen molar-refractivity contribution in [3.8, 4) is 0 Å². The molecule has 1 N–H and O–H groups in total. The molecule has 0 spiro atoms. The molecule has 1 saturated heterocycles. The standard InChI is InChI=1S/C29H25N3O3/c33-27(21-7-2-1-3-8-21)30-25-12-13-26-24-14-19(17-32(26)29(25)35)16-31(18-24)28(34)23-11-10-20-6-4-5-9-22(20)15-23/h1-13,15,19,24H,14,16-18H2,(H,30,33)/t19-,24-/m1/s1. The molecule has 2 aliphatic heterocycles. The number of fused-ring (bicyclic) bond motifs is 5. The summed E-state index contributed by atoms with van der Waals surface area (Å²) in [6, 6.07) is 26.4. The van der Waals surface area contributed by atoms with Crippen molar-refractivity contribution in [1.29, 1.82) is 0 Å². The molecule has 6 heteroatoms. The summed E-state index contributed by atoms with van der Waals surface area (Å²) in [6.07, 6.45) is 0.955. The number of pyridine rings is 1. The van der Waals surface area contributed by atoms with Crippen LogP contribution in [0.2, 0.25) is 0 Å². The largest absolute Gasteiger partial charge is 0.338 e.